The highest BCUT2D eigenvalue weighted by atomic mass is 35.5. The highest BCUT2D eigenvalue weighted by Crippen LogP contribution is 2.37. The normalized spacial score (nSPS) is 13.6. The second kappa shape index (κ2) is 7.45. The Morgan fingerprint density at radius 3 is 2.07 bits per heavy atom. The standard InChI is InChI=1S/C22H19Cl2N5O/c1-2-28-22(30)29-20(26-28)18(14-4-8-16(23)9-5-14)19(15-6-10-17(24)11-7-15)25-21(29)27-12-3-13-27/h4-11H,2-3,12-13H2,1H3. The second-order valence-electron chi connectivity index (χ2n) is 7.25. The van der Waals surface area contributed by atoms with E-state index in [2.05, 4.69) is 10.00 Å². The van der Waals surface area contributed by atoms with Crippen molar-refractivity contribution in [1.82, 2.24) is 19.2 Å². The third-order valence-corrected chi connectivity index (χ3v) is 5.90. The van der Waals surface area contributed by atoms with Gasteiger partial charge in [-0.25, -0.2) is 18.9 Å². The molecule has 30 heavy (non-hydrogen) atoms. The van der Waals surface area contributed by atoms with Gasteiger partial charge in [0.2, 0.25) is 5.95 Å². The van der Waals surface area contributed by atoms with Gasteiger partial charge >= 0.3 is 5.69 Å². The first-order valence-corrected chi connectivity index (χ1v) is 10.6. The minimum absolute atomic E-state index is 0.181. The van der Waals surface area contributed by atoms with Gasteiger partial charge in [0.25, 0.3) is 0 Å². The maximum atomic E-state index is 13.1. The number of hydrogen-bond acceptors (Lipinski definition) is 4. The van der Waals surface area contributed by atoms with Crippen molar-refractivity contribution in [2.75, 3.05) is 18.0 Å². The van der Waals surface area contributed by atoms with Crippen molar-refractivity contribution >= 4 is 34.8 Å². The highest BCUT2D eigenvalue weighted by Gasteiger charge is 2.27. The van der Waals surface area contributed by atoms with Gasteiger partial charge < -0.3 is 4.90 Å². The maximum Gasteiger partial charge on any atom is 0.353 e. The van der Waals surface area contributed by atoms with Crippen LogP contribution in [0.1, 0.15) is 13.3 Å². The molecule has 0 bridgehead atoms. The fraction of sp³-hybridized carbons (Fsp3) is 0.227. The molecule has 0 aliphatic carbocycles. The molecule has 0 atom stereocenters. The fourth-order valence-corrected chi connectivity index (χ4v) is 3.95. The summed E-state index contributed by atoms with van der Waals surface area (Å²) in [6, 6.07) is 15.1. The number of halogens is 2. The third-order valence-electron chi connectivity index (χ3n) is 5.40. The summed E-state index contributed by atoms with van der Waals surface area (Å²) in [6.45, 7) is 4.13. The number of nitrogens with zero attached hydrogens (tertiary/aromatic N) is 5. The first-order valence-electron chi connectivity index (χ1n) is 9.87. The van der Waals surface area contributed by atoms with Gasteiger partial charge in [0.1, 0.15) is 0 Å². The molecule has 3 heterocycles. The lowest BCUT2D eigenvalue weighted by atomic mass is 10.00. The van der Waals surface area contributed by atoms with Crippen LogP contribution in [-0.4, -0.2) is 32.3 Å². The van der Waals surface area contributed by atoms with Crippen molar-refractivity contribution in [2.24, 2.45) is 0 Å². The lowest BCUT2D eigenvalue weighted by Gasteiger charge is -2.32. The van der Waals surface area contributed by atoms with Gasteiger partial charge in [-0.1, -0.05) is 47.5 Å². The first kappa shape index (κ1) is 19.2. The molecule has 1 aliphatic rings. The van der Waals surface area contributed by atoms with Crippen molar-refractivity contribution in [2.45, 2.75) is 19.9 Å². The SMILES string of the molecule is CCn1nc2c(-c3ccc(Cl)cc3)c(-c3ccc(Cl)cc3)nc(N3CCC3)n2c1=O. The van der Waals surface area contributed by atoms with Crippen LogP contribution in [0.2, 0.25) is 10.0 Å². The van der Waals surface area contributed by atoms with Crippen LogP contribution in [0.15, 0.2) is 53.3 Å². The van der Waals surface area contributed by atoms with Crippen LogP contribution in [-0.2, 0) is 6.54 Å². The molecule has 0 unspecified atom stereocenters. The van der Waals surface area contributed by atoms with E-state index in [0.717, 1.165) is 41.9 Å². The topological polar surface area (TPSA) is 55.4 Å². The third kappa shape index (κ3) is 3.07. The lowest BCUT2D eigenvalue weighted by molar-refractivity contribution is 0.589. The molecule has 1 fully saturated rings. The van der Waals surface area contributed by atoms with E-state index in [1.807, 2.05) is 55.5 Å². The predicted molar refractivity (Wildman–Crippen MR) is 121 cm³/mol. The molecule has 5 rings (SSSR count). The Hall–Kier alpha value is -2.83. The number of anilines is 1. The summed E-state index contributed by atoms with van der Waals surface area (Å²) in [6.07, 6.45) is 1.08. The molecule has 0 saturated carbocycles. The Morgan fingerprint density at radius 1 is 0.933 bits per heavy atom. The van der Waals surface area contributed by atoms with E-state index in [-0.39, 0.29) is 5.69 Å². The van der Waals surface area contributed by atoms with Crippen LogP contribution in [0.5, 0.6) is 0 Å². The Morgan fingerprint density at radius 2 is 1.53 bits per heavy atom. The molecular formula is C22H19Cl2N5O. The molecule has 2 aromatic heterocycles. The summed E-state index contributed by atoms with van der Waals surface area (Å²) in [4.78, 5) is 20.2. The molecule has 6 nitrogen and oxygen atoms in total. The van der Waals surface area contributed by atoms with E-state index < -0.39 is 0 Å². The average molecular weight is 440 g/mol. The van der Waals surface area contributed by atoms with Gasteiger partial charge in [0.15, 0.2) is 5.65 Å². The minimum Gasteiger partial charge on any atom is -0.342 e. The van der Waals surface area contributed by atoms with Crippen molar-refractivity contribution in [3.05, 3.63) is 69.1 Å². The fourth-order valence-electron chi connectivity index (χ4n) is 3.70. The molecule has 0 radical (unpaired) electrons. The Labute approximate surface area is 183 Å². The van der Waals surface area contributed by atoms with E-state index in [9.17, 15) is 4.79 Å². The van der Waals surface area contributed by atoms with Crippen LogP contribution < -0.4 is 10.6 Å². The largest absolute Gasteiger partial charge is 0.353 e. The summed E-state index contributed by atoms with van der Waals surface area (Å²) < 4.78 is 3.11. The summed E-state index contributed by atoms with van der Waals surface area (Å²) in [5.41, 5.74) is 3.77. The molecular weight excluding hydrogens is 421 g/mol. The molecule has 1 aliphatic heterocycles. The highest BCUT2D eigenvalue weighted by molar-refractivity contribution is 6.31. The number of rotatable bonds is 4. The first-order chi connectivity index (χ1) is 14.6. The van der Waals surface area contributed by atoms with Crippen molar-refractivity contribution in [1.29, 1.82) is 0 Å². The van der Waals surface area contributed by atoms with E-state index >= 15 is 0 Å². The monoisotopic (exact) mass is 439 g/mol. The van der Waals surface area contributed by atoms with E-state index in [1.165, 1.54) is 4.68 Å². The number of benzene rings is 2. The van der Waals surface area contributed by atoms with E-state index in [0.29, 0.717) is 28.2 Å². The zero-order valence-electron chi connectivity index (χ0n) is 16.3. The van der Waals surface area contributed by atoms with Gasteiger partial charge in [0.05, 0.1) is 11.3 Å². The van der Waals surface area contributed by atoms with Crippen molar-refractivity contribution in [3.8, 4) is 22.4 Å². The van der Waals surface area contributed by atoms with Gasteiger partial charge in [-0.3, -0.25) is 0 Å². The molecule has 0 N–H and O–H groups in total. The second-order valence-corrected chi connectivity index (χ2v) is 8.12. The zero-order valence-corrected chi connectivity index (χ0v) is 17.9. The minimum atomic E-state index is -0.181. The summed E-state index contributed by atoms with van der Waals surface area (Å²) in [7, 11) is 0. The number of aryl methyl sites for hydroxylation is 1. The molecule has 2 aromatic carbocycles. The van der Waals surface area contributed by atoms with Gasteiger partial charge in [-0.2, -0.15) is 0 Å². The molecule has 152 valence electrons. The Bertz CT molecular complexity index is 1290. The molecule has 8 heteroatoms. The number of aromatic nitrogens is 4. The number of fused-ring (bicyclic) bond motifs is 1. The summed E-state index contributed by atoms with van der Waals surface area (Å²) in [5, 5.41) is 5.97. The van der Waals surface area contributed by atoms with E-state index in [1.54, 1.807) is 4.40 Å². The molecule has 0 spiro atoms. The molecule has 0 amide bonds. The zero-order chi connectivity index (χ0) is 20.8. The Balaban J connectivity index is 1.90. The average Bonchev–Trinajstić information content (AvgIpc) is 3.04. The van der Waals surface area contributed by atoms with Crippen molar-refractivity contribution in [3.63, 3.8) is 0 Å². The van der Waals surface area contributed by atoms with Crippen LogP contribution in [0.4, 0.5) is 5.95 Å². The van der Waals surface area contributed by atoms with E-state index in [4.69, 9.17) is 28.2 Å². The maximum absolute atomic E-state index is 13.1. The quantitative estimate of drug-likeness (QED) is 0.459. The summed E-state index contributed by atoms with van der Waals surface area (Å²) in [5.74, 6) is 0.628. The van der Waals surface area contributed by atoms with Gasteiger partial charge in [-0.05, 0) is 43.2 Å². The van der Waals surface area contributed by atoms with Crippen LogP contribution >= 0.6 is 23.2 Å². The lowest BCUT2D eigenvalue weighted by Crippen LogP contribution is -2.40. The van der Waals surface area contributed by atoms with Crippen LogP contribution in [0, 0.1) is 0 Å². The predicted octanol–water partition coefficient (Wildman–Crippen LogP) is 4.76. The van der Waals surface area contributed by atoms with Crippen LogP contribution in [0.25, 0.3) is 28.0 Å². The molecule has 1 saturated heterocycles. The Kier molecular flexibility index (Phi) is 4.76. The smallest absolute Gasteiger partial charge is 0.342 e. The van der Waals surface area contributed by atoms with Crippen molar-refractivity contribution < 1.29 is 0 Å². The summed E-state index contributed by atoms with van der Waals surface area (Å²) >= 11 is 12.2. The number of hydrogen-bond donors (Lipinski definition) is 0. The van der Waals surface area contributed by atoms with Gasteiger partial charge in [0, 0.05) is 35.2 Å². The molecule has 4 aromatic rings. The van der Waals surface area contributed by atoms with Crippen LogP contribution in [0.3, 0.4) is 0 Å². The van der Waals surface area contributed by atoms with Gasteiger partial charge in [-0.15, -0.1) is 5.10 Å².